The van der Waals surface area contributed by atoms with Crippen molar-refractivity contribution in [3.63, 3.8) is 0 Å². The van der Waals surface area contributed by atoms with E-state index in [2.05, 4.69) is 139 Å². The van der Waals surface area contributed by atoms with Gasteiger partial charge in [-0.3, -0.25) is 0 Å². The van der Waals surface area contributed by atoms with E-state index in [9.17, 15) is 1.37 Å². The number of nitrogens with zero attached hydrogens (tertiary/aromatic N) is 2. The fraction of sp³-hybridized carbons (Fsp3) is 0.250. The van der Waals surface area contributed by atoms with Crippen LogP contribution in [0.5, 0.6) is 11.5 Å². The van der Waals surface area contributed by atoms with E-state index in [4.69, 9.17) is 26.5 Å². The molecule has 1 saturated carbocycles. The molecule has 5 heteroatoms. The van der Waals surface area contributed by atoms with Gasteiger partial charge < -0.3 is 19.1 Å². The first-order valence-corrected chi connectivity index (χ1v) is 26.1. The minimum Gasteiger partial charge on any atom is -0.501 e. The maximum Gasteiger partial charge on any atom is 2.00 e. The van der Waals surface area contributed by atoms with Gasteiger partial charge in [-0.05, 0) is 170 Å². The van der Waals surface area contributed by atoms with Crippen molar-refractivity contribution in [1.82, 2.24) is 9.97 Å². The fourth-order valence-electron chi connectivity index (χ4n) is 11.8. The van der Waals surface area contributed by atoms with E-state index in [0.29, 0.717) is 33.4 Å². The molecule has 0 unspecified atom stereocenters. The van der Waals surface area contributed by atoms with Gasteiger partial charge in [0.15, 0.2) is 0 Å². The normalized spacial score (nSPS) is 17.9. The van der Waals surface area contributed by atoms with Crippen LogP contribution in [-0.2, 0) is 21.1 Å². The van der Waals surface area contributed by atoms with Crippen LogP contribution in [0.1, 0.15) is 113 Å². The van der Waals surface area contributed by atoms with Crippen LogP contribution in [0.15, 0.2) is 156 Å². The van der Waals surface area contributed by atoms with E-state index in [0.717, 1.165) is 90.5 Å². The van der Waals surface area contributed by atoms with Crippen LogP contribution >= 0.6 is 0 Å². The van der Waals surface area contributed by atoms with Gasteiger partial charge in [0.2, 0.25) is 0 Å². The summed E-state index contributed by atoms with van der Waals surface area (Å²) in [4.78, 5) is 9.51. The number of fused-ring (bicyclic) bond motifs is 6. The maximum absolute atomic E-state index is 9.95. The summed E-state index contributed by atoms with van der Waals surface area (Å²) in [5.74, 6) is -0.806. The molecular formula is C72H66N2O2Pt. The molecule has 8 aromatic carbocycles. The number of hydrogen-bond acceptors (Lipinski definition) is 4. The van der Waals surface area contributed by atoms with E-state index in [-0.39, 0.29) is 71.2 Å². The van der Waals surface area contributed by atoms with E-state index in [1.165, 1.54) is 6.07 Å². The molecule has 0 bridgehead atoms. The SMILES string of the molecule is [2H]C([2H])([2H])c1cnc(-c2[c-]c(Oc3[c-]c(-c4cc(-c5ccc(-c6ccc(C7([2H])CC(C)(C)C(C)(C)C(C)(C)C7)cc6C)cc5C)c(C)cn4)c4oc5cc6c(ccc7ccccc76)cc5c4c3)c(C([2H])([2H])[2H])c(-c3ccccc3)c2)cc1C([2H])([2H])[2H].[Pt+2]. The molecule has 4 nitrogen and oxygen atoms in total. The summed E-state index contributed by atoms with van der Waals surface area (Å²) in [6.07, 6.45) is 4.42. The number of rotatable bonds is 8. The molecule has 1 aliphatic rings. The Balaban J connectivity index is 0.00000784. The van der Waals surface area contributed by atoms with Crippen LogP contribution in [-0.4, -0.2) is 9.97 Å². The summed E-state index contributed by atoms with van der Waals surface area (Å²) in [5.41, 5.74) is 10.3. The molecule has 3 aromatic heterocycles. The molecule has 0 radical (unpaired) electrons. The Hall–Kier alpha value is -7.13. The summed E-state index contributed by atoms with van der Waals surface area (Å²) < 4.78 is 100. The van der Waals surface area contributed by atoms with Crippen LogP contribution in [0, 0.1) is 69.7 Å². The average Bonchev–Trinajstić information content (AvgIpc) is 1.63. The monoisotopic (exact) mass is 1200 g/mol. The van der Waals surface area contributed by atoms with Crippen molar-refractivity contribution >= 4 is 43.5 Å². The molecule has 11 aromatic rings. The van der Waals surface area contributed by atoms with Gasteiger partial charge in [0, 0.05) is 43.0 Å². The third-order valence-electron chi connectivity index (χ3n) is 17.4. The average molecular weight is 1200 g/mol. The molecule has 0 spiro atoms. The zero-order valence-electron chi connectivity index (χ0n) is 54.9. The van der Waals surface area contributed by atoms with E-state index in [1.54, 1.807) is 36.4 Å². The van der Waals surface area contributed by atoms with Crippen LogP contribution < -0.4 is 4.74 Å². The van der Waals surface area contributed by atoms with Crippen molar-refractivity contribution in [2.75, 3.05) is 0 Å². The number of aromatic nitrogens is 2. The van der Waals surface area contributed by atoms with Gasteiger partial charge in [0.25, 0.3) is 0 Å². The number of benzene rings is 8. The molecular weight excluding hydrogens is 1120 g/mol. The van der Waals surface area contributed by atoms with Gasteiger partial charge >= 0.3 is 21.1 Å². The molecule has 3 heterocycles. The molecule has 0 amide bonds. The first-order chi connectivity index (χ1) is 40.3. The summed E-state index contributed by atoms with van der Waals surface area (Å²) in [7, 11) is 0. The predicted octanol–water partition coefficient (Wildman–Crippen LogP) is 20.2. The third kappa shape index (κ3) is 9.01. The maximum atomic E-state index is 9.95. The standard InChI is InChI=1S/C72H66N2O2.Pt/c1-42-30-65(73-40-45(42)4)53-32-60(48-18-14-13-15-19-48)47(6)67(33-53)75-55-34-63-62-31-52-23-22-49-20-16-17-21-58(49)61(52)37-68(62)76-69(63)64(35-55)66-36-59(46(5)41-74-66)57-27-25-51(29-44(57)3)56-26-24-50(28-43(56)2)54-38-70(7,8)72(11,12)71(9,10)39-54;/h13-32,34,36-37,40-41,54H,38-39H2,1-12H3;/q-2;+2/i1D3,4D3,6D3,54D;. The van der Waals surface area contributed by atoms with Crippen LogP contribution in [0.4, 0.5) is 0 Å². The molecule has 12 rings (SSSR count). The molecule has 386 valence electrons. The largest absolute Gasteiger partial charge is 2.00 e. The number of ether oxygens (including phenoxy) is 1. The third-order valence-corrected chi connectivity index (χ3v) is 17.4. The molecule has 1 fully saturated rings. The van der Waals surface area contributed by atoms with Gasteiger partial charge in [-0.2, -0.15) is 0 Å². The zero-order valence-corrected chi connectivity index (χ0v) is 47.1. The molecule has 1 aliphatic carbocycles. The minimum absolute atomic E-state index is 0. The second-order valence-corrected chi connectivity index (χ2v) is 22.9. The van der Waals surface area contributed by atoms with E-state index in [1.807, 2.05) is 43.5 Å². The zero-order chi connectivity index (χ0) is 61.4. The van der Waals surface area contributed by atoms with Crippen molar-refractivity contribution in [3.05, 3.63) is 203 Å². The Morgan fingerprint density at radius 1 is 0.558 bits per heavy atom. The summed E-state index contributed by atoms with van der Waals surface area (Å²) in [6.45, 7) is 11.9. The Bertz CT molecular complexity index is 4540. The molecule has 77 heavy (non-hydrogen) atoms. The minimum atomic E-state index is -2.83. The van der Waals surface area contributed by atoms with Gasteiger partial charge in [-0.15, -0.1) is 11.6 Å². The van der Waals surface area contributed by atoms with Gasteiger partial charge in [-0.25, -0.2) is 0 Å². The Kier molecular flexibility index (Phi) is 10.3. The molecule has 0 saturated heterocycles. The van der Waals surface area contributed by atoms with Crippen LogP contribution in [0.25, 0.3) is 99.4 Å². The second kappa shape index (κ2) is 19.4. The number of furan rings is 1. The van der Waals surface area contributed by atoms with Crippen molar-refractivity contribution in [2.24, 2.45) is 16.2 Å². The molecule has 0 atom stereocenters. The van der Waals surface area contributed by atoms with Crippen LogP contribution in [0.3, 0.4) is 0 Å². The van der Waals surface area contributed by atoms with Crippen molar-refractivity contribution in [1.29, 1.82) is 0 Å². The van der Waals surface area contributed by atoms with Gasteiger partial charge in [0.05, 0.1) is 5.58 Å². The Morgan fingerprint density at radius 3 is 2.03 bits per heavy atom. The molecule has 0 aliphatic heterocycles. The number of aryl methyl sites for hydroxylation is 5. The second-order valence-electron chi connectivity index (χ2n) is 22.9. The quantitative estimate of drug-likeness (QED) is 0.112. The van der Waals surface area contributed by atoms with Crippen molar-refractivity contribution in [3.8, 4) is 67.4 Å². The number of pyridine rings is 2. The topological polar surface area (TPSA) is 48.2 Å². The Labute approximate surface area is 483 Å². The first kappa shape index (κ1) is 41.0. The summed E-state index contributed by atoms with van der Waals surface area (Å²) >= 11 is 0. The summed E-state index contributed by atoms with van der Waals surface area (Å²) in [5, 5.41) is 5.55. The Morgan fingerprint density at radius 2 is 1.27 bits per heavy atom. The van der Waals surface area contributed by atoms with Gasteiger partial charge in [0.1, 0.15) is 5.58 Å². The van der Waals surface area contributed by atoms with Crippen molar-refractivity contribution < 1.29 is 43.9 Å². The number of hydrogen-bond donors (Lipinski definition) is 0. The predicted molar refractivity (Wildman–Crippen MR) is 317 cm³/mol. The van der Waals surface area contributed by atoms with E-state index >= 15 is 0 Å². The summed E-state index contributed by atoms with van der Waals surface area (Å²) in [6, 6.07) is 51.7. The van der Waals surface area contributed by atoms with E-state index < -0.39 is 37.6 Å². The van der Waals surface area contributed by atoms with Crippen LogP contribution in [0.2, 0.25) is 0 Å². The van der Waals surface area contributed by atoms with Gasteiger partial charge in [-0.1, -0.05) is 209 Å². The van der Waals surface area contributed by atoms with Crippen molar-refractivity contribution in [2.45, 2.75) is 102 Å². The smallest absolute Gasteiger partial charge is 0.501 e. The molecule has 0 N–H and O–H groups in total. The first-order valence-electron chi connectivity index (χ1n) is 31.1. The fourth-order valence-corrected chi connectivity index (χ4v) is 11.8.